The van der Waals surface area contributed by atoms with E-state index in [1.54, 1.807) is 6.07 Å². The smallest absolute Gasteiger partial charge is 0.251 e. The van der Waals surface area contributed by atoms with Gasteiger partial charge in [0.05, 0.1) is 19.8 Å². The summed E-state index contributed by atoms with van der Waals surface area (Å²) in [5, 5.41) is 7.76. The zero-order valence-corrected chi connectivity index (χ0v) is 12.3. The molecule has 0 aromatic carbocycles. The fourth-order valence-corrected chi connectivity index (χ4v) is 3.49. The van der Waals surface area contributed by atoms with Crippen LogP contribution >= 0.6 is 11.3 Å². The largest absolute Gasteiger partial charge is 0.376 e. The molecule has 0 bridgehead atoms. The molecule has 1 saturated heterocycles. The standard InChI is InChI=1S/C11H16N2O5S2/c12-20(15,16)10-2-1-8(19-10)3-4-13-11(14)9-7-17-5-6-18-9/h1-2,9H,3-7H2,(H,13,14)(H2,12,15,16). The van der Waals surface area contributed by atoms with Gasteiger partial charge >= 0.3 is 0 Å². The number of thiophene rings is 1. The molecule has 112 valence electrons. The number of carbonyl (C=O) groups is 1. The Morgan fingerprint density at radius 1 is 1.45 bits per heavy atom. The molecule has 0 aliphatic carbocycles. The van der Waals surface area contributed by atoms with Crippen LogP contribution < -0.4 is 10.5 Å². The van der Waals surface area contributed by atoms with Crippen LogP contribution in [0.1, 0.15) is 4.88 Å². The molecule has 20 heavy (non-hydrogen) atoms. The van der Waals surface area contributed by atoms with Crippen molar-refractivity contribution in [3.05, 3.63) is 17.0 Å². The first-order valence-corrected chi connectivity index (χ1v) is 8.41. The van der Waals surface area contributed by atoms with Crippen molar-refractivity contribution in [3.8, 4) is 0 Å². The molecule has 1 atom stereocenters. The SMILES string of the molecule is NS(=O)(=O)c1ccc(CCNC(=O)C2COCCO2)s1. The molecule has 1 aromatic heterocycles. The van der Waals surface area contributed by atoms with Crippen molar-refractivity contribution in [2.45, 2.75) is 16.7 Å². The minimum absolute atomic E-state index is 0.128. The third-order valence-electron chi connectivity index (χ3n) is 2.70. The van der Waals surface area contributed by atoms with Crippen LogP contribution in [-0.2, 0) is 30.7 Å². The second kappa shape index (κ2) is 6.64. The summed E-state index contributed by atoms with van der Waals surface area (Å²) in [6.45, 7) is 1.60. The van der Waals surface area contributed by atoms with Crippen molar-refractivity contribution < 1.29 is 22.7 Å². The Labute approximate surface area is 121 Å². The van der Waals surface area contributed by atoms with Gasteiger partial charge in [-0.2, -0.15) is 0 Å². The summed E-state index contributed by atoms with van der Waals surface area (Å²) in [7, 11) is -3.65. The number of ether oxygens (including phenoxy) is 2. The van der Waals surface area contributed by atoms with E-state index in [0.717, 1.165) is 16.2 Å². The minimum Gasteiger partial charge on any atom is -0.376 e. The van der Waals surface area contributed by atoms with E-state index < -0.39 is 16.1 Å². The van der Waals surface area contributed by atoms with Crippen molar-refractivity contribution in [1.29, 1.82) is 0 Å². The number of nitrogens with one attached hydrogen (secondary N) is 1. The van der Waals surface area contributed by atoms with E-state index in [1.807, 2.05) is 0 Å². The molecule has 1 aliphatic heterocycles. The number of rotatable bonds is 5. The Balaban J connectivity index is 1.78. The number of amides is 1. The molecule has 3 N–H and O–H groups in total. The number of carbonyl (C=O) groups excluding carboxylic acids is 1. The molecule has 9 heteroatoms. The fraction of sp³-hybridized carbons (Fsp3) is 0.545. The monoisotopic (exact) mass is 320 g/mol. The van der Waals surface area contributed by atoms with Gasteiger partial charge in [-0.1, -0.05) is 0 Å². The molecule has 1 unspecified atom stereocenters. The maximum Gasteiger partial charge on any atom is 0.251 e. The number of primary sulfonamides is 1. The molecule has 1 amide bonds. The lowest BCUT2D eigenvalue weighted by atomic mass is 10.3. The molecule has 1 aromatic rings. The van der Waals surface area contributed by atoms with Crippen molar-refractivity contribution in [2.75, 3.05) is 26.4 Å². The third-order valence-corrected chi connectivity index (χ3v) is 5.28. The van der Waals surface area contributed by atoms with Crippen LogP contribution in [0.25, 0.3) is 0 Å². The number of nitrogens with two attached hydrogens (primary N) is 1. The zero-order chi connectivity index (χ0) is 14.6. The molecule has 0 spiro atoms. The van der Waals surface area contributed by atoms with E-state index in [0.29, 0.717) is 26.2 Å². The lowest BCUT2D eigenvalue weighted by Gasteiger charge is -2.21. The Morgan fingerprint density at radius 2 is 2.25 bits per heavy atom. The van der Waals surface area contributed by atoms with Gasteiger partial charge in [0, 0.05) is 11.4 Å². The molecule has 7 nitrogen and oxygen atoms in total. The predicted octanol–water partition coefficient (Wildman–Crippen LogP) is -0.530. The van der Waals surface area contributed by atoms with Crippen molar-refractivity contribution in [3.63, 3.8) is 0 Å². The summed E-state index contributed by atoms with van der Waals surface area (Å²) < 4.78 is 32.8. The van der Waals surface area contributed by atoms with Crippen LogP contribution in [0, 0.1) is 0 Å². The number of sulfonamides is 1. The van der Waals surface area contributed by atoms with Crippen LogP contribution in [0.4, 0.5) is 0 Å². The number of hydrogen-bond donors (Lipinski definition) is 2. The maximum atomic E-state index is 11.7. The fourth-order valence-electron chi connectivity index (χ4n) is 1.71. The lowest BCUT2D eigenvalue weighted by molar-refractivity contribution is -0.147. The third kappa shape index (κ3) is 4.25. The topological polar surface area (TPSA) is 108 Å². The molecule has 1 fully saturated rings. The van der Waals surface area contributed by atoms with Gasteiger partial charge in [0.15, 0.2) is 6.10 Å². The first-order valence-electron chi connectivity index (χ1n) is 6.05. The highest BCUT2D eigenvalue weighted by atomic mass is 32.2. The van der Waals surface area contributed by atoms with Crippen LogP contribution in [0.15, 0.2) is 16.3 Å². The van der Waals surface area contributed by atoms with Gasteiger partial charge in [-0.3, -0.25) is 4.79 Å². The lowest BCUT2D eigenvalue weighted by Crippen LogP contribution is -2.43. The Morgan fingerprint density at radius 3 is 2.85 bits per heavy atom. The molecule has 2 heterocycles. The Hall–Kier alpha value is -1.00. The van der Waals surface area contributed by atoms with Gasteiger partial charge in [0.2, 0.25) is 10.0 Å². The number of hydrogen-bond acceptors (Lipinski definition) is 6. The maximum absolute atomic E-state index is 11.7. The van der Waals surface area contributed by atoms with Crippen LogP contribution in [0.5, 0.6) is 0 Å². The summed E-state index contributed by atoms with van der Waals surface area (Å²) >= 11 is 1.11. The predicted molar refractivity (Wildman–Crippen MR) is 73.0 cm³/mol. The Bertz CT molecular complexity index is 563. The van der Waals surface area contributed by atoms with Crippen LogP contribution in [0.3, 0.4) is 0 Å². The molecular weight excluding hydrogens is 304 g/mol. The van der Waals surface area contributed by atoms with Gasteiger partial charge in [-0.15, -0.1) is 11.3 Å². The highest BCUT2D eigenvalue weighted by Gasteiger charge is 2.22. The van der Waals surface area contributed by atoms with Gasteiger partial charge in [-0.25, -0.2) is 13.6 Å². The summed E-state index contributed by atoms with van der Waals surface area (Å²) in [5.74, 6) is -0.215. The van der Waals surface area contributed by atoms with Crippen LogP contribution in [-0.4, -0.2) is 46.8 Å². The molecule has 2 rings (SSSR count). The van der Waals surface area contributed by atoms with E-state index in [-0.39, 0.29) is 16.7 Å². The Kier molecular flexibility index (Phi) is 5.11. The molecule has 0 radical (unpaired) electrons. The second-order valence-corrected chi connectivity index (χ2v) is 7.20. The van der Waals surface area contributed by atoms with E-state index in [2.05, 4.69) is 5.32 Å². The van der Waals surface area contributed by atoms with E-state index >= 15 is 0 Å². The summed E-state index contributed by atoms with van der Waals surface area (Å²) in [6, 6.07) is 3.16. The quantitative estimate of drug-likeness (QED) is 0.758. The van der Waals surface area contributed by atoms with Gasteiger partial charge in [-0.05, 0) is 18.6 Å². The van der Waals surface area contributed by atoms with E-state index in [9.17, 15) is 13.2 Å². The summed E-state index contributed by atoms with van der Waals surface area (Å²) in [5.41, 5.74) is 0. The average Bonchev–Trinajstić information content (AvgIpc) is 2.88. The van der Waals surface area contributed by atoms with Crippen molar-refractivity contribution in [1.82, 2.24) is 5.32 Å². The normalized spacial score (nSPS) is 19.8. The van der Waals surface area contributed by atoms with E-state index in [1.165, 1.54) is 6.07 Å². The van der Waals surface area contributed by atoms with Gasteiger partial charge < -0.3 is 14.8 Å². The van der Waals surface area contributed by atoms with Crippen LogP contribution in [0.2, 0.25) is 0 Å². The first kappa shape index (κ1) is 15.4. The van der Waals surface area contributed by atoms with E-state index in [4.69, 9.17) is 14.6 Å². The average molecular weight is 320 g/mol. The minimum atomic E-state index is -3.65. The van der Waals surface area contributed by atoms with Crippen molar-refractivity contribution >= 4 is 27.3 Å². The highest BCUT2D eigenvalue weighted by Crippen LogP contribution is 2.20. The molecule has 1 aliphatic rings. The highest BCUT2D eigenvalue weighted by molar-refractivity contribution is 7.91. The van der Waals surface area contributed by atoms with Crippen molar-refractivity contribution in [2.24, 2.45) is 5.14 Å². The summed E-state index contributed by atoms with van der Waals surface area (Å²) in [4.78, 5) is 12.6. The second-order valence-electron chi connectivity index (χ2n) is 4.24. The molecular formula is C11H16N2O5S2. The van der Waals surface area contributed by atoms with Gasteiger partial charge in [0.1, 0.15) is 4.21 Å². The molecule has 0 saturated carbocycles. The summed E-state index contributed by atoms with van der Waals surface area (Å²) in [6.07, 6.45) is -0.0217. The first-order chi connectivity index (χ1) is 9.47. The zero-order valence-electron chi connectivity index (χ0n) is 10.7. The van der Waals surface area contributed by atoms with Gasteiger partial charge in [0.25, 0.3) is 5.91 Å².